The summed E-state index contributed by atoms with van der Waals surface area (Å²) in [5.41, 5.74) is 2.07. The molecule has 0 unspecified atom stereocenters. The van der Waals surface area contributed by atoms with Crippen LogP contribution in [0.4, 0.5) is 13.9 Å². The van der Waals surface area contributed by atoms with Gasteiger partial charge in [-0.2, -0.15) is 4.39 Å². The van der Waals surface area contributed by atoms with Crippen molar-refractivity contribution in [2.45, 2.75) is 25.4 Å². The number of nitrogens with one attached hydrogen (secondary N) is 1. The van der Waals surface area contributed by atoms with Crippen LogP contribution in [0, 0.1) is 5.95 Å². The maximum Gasteiger partial charge on any atom is 0.274 e. The van der Waals surface area contributed by atoms with Gasteiger partial charge in [0.25, 0.3) is 5.91 Å². The first-order valence-electron chi connectivity index (χ1n) is 10.7. The zero-order valence-corrected chi connectivity index (χ0v) is 19.8. The molecular weight excluding hydrogens is 498 g/mol. The Bertz CT molecular complexity index is 1390. The zero-order valence-electron chi connectivity index (χ0n) is 18.2. The number of imidazole rings is 1. The highest BCUT2D eigenvalue weighted by molar-refractivity contribution is 7.14. The van der Waals surface area contributed by atoms with E-state index in [0.29, 0.717) is 33.3 Å². The average molecular weight is 517 g/mol. The summed E-state index contributed by atoms with van der Waals surface area (Å²) < 4.78 is 34.6. The van der Waals surface area contributed by atoms with Gasteiger partial charge in [0.2, 0.25) is 12.8 Å². The highest BCUT2D eigenvalue weighted by Crippen LogP contribution is 2.38. The monoisotopic (exact) mass is 516 g/mol. The van der Waals surface area contributed by atoms with Crippen molar-refractivity contribution in [1.82, 2.24) is 24.1 Å². The zero-order chi connectivity index (χ0) is 24.4. The molecule has 0 spiro atoms. The Hall–Kier alpha value is -3.57. The van der Waals surface area contributed by atoms with E-state index in [0.717, 1.165) is 12.8 Å². The lowest BCUT2D eigenvalue weighted by Crippen LogP contribution is -2.17. The topological polar surface area (TPSA) is 86.9 Å². The molecule has 0 atom stereocenters. The Balaban J connectivity index is 1.30. The largest absolute Gasteiger partial charge is 0.461 e. The number of aromatic nitrogens is 5. The number of halogens is 3. The van der Waals surface area contributed by atoms with Crippen molar-refractivity contribution in [3.8, 4) is 5.75 Å². The first-order chi connectivity index (χ1) is 17.0. The van der Waals surface area contributed by atoms with Crippen LogP contribution >= 0.6 is 22.9 Å². The third-order valence-electron chi connectivity index (χ3n) is 5.32. The van der Waals surface area contributed by atoms with Crippen molar-refractivity contribution in [3.05, 3.63) is 76.0 Å². The van der Waals surface area contributed by atoms with Crippen LogP contribution < -0.4 is 10.1 Å². The number of pyridine rings is 1. The minimum Gasteiger partial charge on any atom is -0.461 e. The summed E-state index contributed by atoms with van der Waals surface area (Å²) in [4.78, 5) is 25.2. The van der Waals surface area contributed by atoms with E-state index in [1.165, 1.54) is 35.9 Å². The van der Waals surface area contributed by atoms with Gasteiger partial charge in [-0.25, -0.2) is 19.3 Å². The molecule has 1 saturated carbocycles. The van der Waals surface area contributed by atoms with Crippen LogP contribution in [-0.2, 0) is 6.54 Å². The molecule has 0 saturated heterocycles. The van der Waals surface area contributed by atoms with Gasteiger partial charge in [-0.1, -0.05) is 11.6 Å². The maximum absolute atomic E-state index is 13.5. The van der Waals surface area contributed by atoms with Crippen molar-refractivity contribution < 1.29 is 18.3 Å². The fourth-order valence-corrected chi connectivity index (χ4v) is 4.48. The molecule has 5 rings (SSSR count). The van der Waals surface area contributed by atoms with E-state index in [1.807, 2.05) is 4.57 Å². The average Bonchev–Trinajstić information content (AvgIpc) is 3.26. The van der Waals surface area contributed by atoms with E-state index in [1.54, 1.807) is 34.5 Å². The Morgan fingerprint density at radius 2 is 2.17 bits per heavy atom. The van der Waals surface area contributed by atoms with Crippen molar-refractivity contribution in [2.24, 2.45) is 0 Å². The summed E-state index contributed by atoms with van der Waals surface area (Å²) in [6.45, 7) is -0.877. The first-order valence-corrected chi connectivity index (χ1v) is 11.9. The molecule has 4 aromatic heterocycles. The molecule has 0 radical (unpaired) electrons. The minimum absolute atomic E-state index is 0.165. The van der Waals surface area contributed by atoms with Gasteiger partial charge in [-0.15, -0.1) is 11.3 Å². The molecule has 4 heterocycles. The summed E-state index contributed by atoms with van der Waals surface area (Å²) in [5, 5.41) is 5.49. The van der Waals surface area contributed by atoms with Crippen LogP contribution in [-0.4, -0.2) is 36.9 Å². The minimum atomic E-state index is -1.04. The summed E-state index contributed by atoms with van der Waals surface area (Å²) in [6, 6.07) is 4.74. The third kappa shape index (κ3) is 5.41. The summed E-state index contributed by atoms with van der Waals surface area (Å²) in [6.07, 6.45) is 10.3. The van der Waals surface area contributed by atoms with Gasteiger partial charge in [-0.05, 0) is 42.7 Å². The highest BCUT2D eigenvalue weighted by Gasteiger charge is 2.26. The lowest BCUT2D eigenvalue weighted by Gasteiger charge is -2.08. The van der Waals surface area contributed by atoms with Crippen LogP contribution in [0.1, 0.15) is 46.3 Å². The van der Waals surface area contributed by atoms with E-state index >= 15 is 0 Å². The number of anilines is 1. The number of hydrogen-bond donors (Lipinski definition) is 1. The predicted octanol–water partition coefficient (Wildman–Crippen LogP) is 5.44. The van der Waals surface area contributed by atoms with Crippen LogP contribution in [0.25, 0.3) is 12.2 Å². The van der Waals surface area contributed by atoms with Crippen LogP contribution in [0.3, 0.4) is 0 Å². The summed E-state index contributed by atoms with van der Waals surface area (Å²) in [7, 11) is 0. The Kier molecular flexibility index (Phi) is 6.60. The van der Waals surface area contributed by atoms with E-state index in [9.17, 15) is 13.6 Å². The molecule has 8 nitrogen and oxygen atoms in total. The number of carbonyl (C=O) groups excluding carboxylic acids is 1. The second kappa shape index (κ2) is 9.96. The van der Waals surface area contributed by atoms with Gasteiger partial charge in [0.1, 0.15) is 22.3 Å². The van der Waals surface area contributed by atoms with E-state index in [2.05, 4.69) is 20.3 Å². The van der Waals surface area contributed by atoms with E-state index in [-0.39, 0.29) is 18.0 Å². The third-order valence-corrected chi connectivity index (χ3v) is 6.49. The Labute approximate surface area is 207 Å². The number of rotatable bonds is 9. The molecule has 1 N–H and O–H groups in total. The molecule has 1 fully saturated rings. The van der Waals surface area contributed by atoms with E-state index < -0.39 is 18.7 Å². The molecule has 1 amide bonds. The van der Waals surface area contributed by atoms with Crippen molar-refractivity contribution in [2.75, 3.05) is 12.2 Å². The van der Waals surface area contributed by atoms with Gasteiger partial charge in [0, 0.05) is 36.4 Å². The number of hydrogen-bond acceptors (Lipinski definition) is 6. The SMILES string of the molecule is O=C(Nc1nc(/C=C/c2ncn(C3CC3)c2Cl)cs1)c1cc(OCF)cn1Cc1ccnc(F)c1. The number of ether oxygens (including phenoxy) is 1. The van der Waals surface area contributed by atoms with Crippen LogP contribution in [0.2, 0.25) is 5.15 Å². The van der Waals surface area contributed by atoms with Crippen LogP contribution in [0.5, 0.6) is 5.75 Å². The maximum atomic E-state index is 13.5. The van der Waals surface area contributed by atoms with Crippen LogP contribution in [0.15, 0.2) is 42.3 Å². The molecule has 12 heteroatoms. The fourth-order valence-electron chi connectivity index (χ4n) is 3.51. The van der Waals surface area contributed by atoms with Gasteiger partial charge < -0.3 is 13.9 Å². The second-order valence-corrected chi connectivity index (χ2v) is 9.07. The molecular formula is C23H19ClF2N6O2S. The highest BCUT2D eigenvalue weighted by atomic mass is 35.5. The fraction of sp³-hybridized carbons (Fsp3) is 0.217. The Morgan fingerprint density at radius 1 is 1.31 bits per heavy atom. The van der Waals surface area contributed by atoms with Gasteiger partial charge >= 0.3 is 0 Å². The predicted molar refractivity (Wildman–Crippen MR) is 129 cm³/mol. The van der Waals surface area contributed by atoms with Crippen molar-refractivity contribution in [3.63, 3.8) is 0 Å². The summed E-state index contributed by atoms with van der Waals surface area (Å²) in [5.74, 6) is -0.924. The number of nitrogens with zero attached hydrogens (tertiary/aromatic N) is 5. The molecule has 0 aromatic carbocycles. The molecule has 4 aromatic rings. The first kappa shape index (κ1) is 23.2. The molecule has 1 aliphatic carbocycles. The van der Waals surface area contributed by atoms with Gasteiger partial charge in [0.05, 0.1) is 12.0 Å². The number of carbonyl (C=O) groups is 1. The smallest absolute Gasteiger partial charge is 0.274 e. The summed E-state index contributed by atoms with van der Waals surface area (Å²) >= 11 is 7.64. The molecule has 0 aliphatic heterocycles. The van der Waals surface area contributed by atoms with Gasteiger partial charge in [-0.3, -0.25) is 10.1 Å². The van der Waals surface area contributed by atoms with Gasteiger partial charge in [0.15, 0.2) is 5.13 Å². The second-order valence-electron chi connectivity index (χ2n) is 7.85. The Morgan fingerprint density at radius 3 is 2.94 bits per heavy atom. The lowest BCUT2D eigenvalue weighted by molar-refractivity contribution is 0.101. The van der Waals surface area contributed by atoms with Crippen molar-refractivity contribution in [1.29, 1.82) is 0 Å². The number of amides is 1. The number of alkyl halides is 1. The normalized spacial score (nSPS) is 13.5. The number of thiazole rings is 1. The van der Waals surface area contributed by atoms with E-state index in [4.69, 9.17) is 16.3 Å². The van der Waals surface area contributed by atoms with Crippen molar-refractivity contribution >= 4 is 46.1 Å². The molecule has 180 valence electrons. The standard InChI is InChI=1S/C23H19ClF2N6O2S/c24-21-18(28-13-32(21)16-2-3-16)4-1-15-11-35-23(29-15)30-22(33)19-8-17(34-12-25)10-31(19)9-14-5-6-27-20(26)7-14/h1,4-8,10-11,13,16H,2-3,9,12H2,(H,29,30,33)/b4-1+. The molecule has 35 heavy (non-hydrogen) atoms. The molecule has 0 bridgehead atoms. The lowest BCUT2D eigenvalue weighted by atomic mass is 10.2. The molecule has 1 aliphatic rings. The quantitative estimate of drug-likeness (QED) is 0.299.